The Balaban J connectivity index is 4.23. The quantitative estimate of drug-likeness (QED) is 0.642. The normalized spacial score (nSPS) is 12.9. The molecule has 0 aromatic heterocycles. The fraction of sp³-hybridized carbons (Fsp3) is 0.800. The van der Waals surface area contributed by atoms with Crippen molar-refractivity contribution in [2.75, 3.05) is 20.6 Å². The van der Waals surface area contributed by atoms with E-state index in [4.69, 9.17) is 5.11 Å². The third-order valence-corrected chi connectivity index (χ3v) is 1.87. The van der Waals surface area contributed by atoms with Gasteiger partial charge in [-0.2, -0.15) is 0 Å². The molecule has 5 nitrogen and oxygen atoms in total. The van der Waals surface area contributed by atoms with Crippen LogP contribution in [0.4, 0.5) is 0 Å². The van der Waals surface area contributed by atoms with Gasteiger partial charge in [0.15, 0.2) is 0 Å². The maximum Gasteiger partial charge on any atom is 0.394 e. The molecule has 1 amide bonds. The molecule has 1 unspecified atom stereocenters. The molecular formula is C10H20N2O3. The zero-order valence-electron chi connectivity index (χ0n) is 9.78. The van der Waals surface area contributed by atoms with Crippen LogP contribution in [0.5, 0.6) is 0 Å². The van der Waals surface area contributed by atoms with Gasteiger partial charge >= 0.3 is 11.9 Å². The van der Waals surface area contributed by atoms with E-state index in [0.717, 1.165) is 6.42 Å². The second-order valence-electron chi connectivity index (χ2n) is 4.37. The third-order valence-electron chi connectivity index (χ3n) is 1.87. The van der Waals surface area contributed by atoms with Crippen molar-refractivity contribution in [3.05, 3.63) is 0 Å². The summed E-state index contributed by atoms with van der Waals surface area (Å²) >= 11 is 0. The van der Waals surface area contributed by atoms with Crippen molar-refractivity contribution >= 4 is 11.9 Å². The minimum absolute atomic E-state index is 0.108. The lowest BCUT2D eigenvalue weighted by Crippen LogP contribution is -2.45. The van der Waals surface area contributed by atoms with Gasteiger partial charge < -0.3 is 15.3 Å². The lowest BCUT2D eigenvalue weighted by molar-refractivity contribution is -0.150. The lowest BCUT2D eigenvalue weighted by Gasteiger charge is -2.23. The molecule has 0 bridgehead atoms. The molecule has 0 saturated heterocycles. The van der Waals surface area contributed by atoms with Crippen LogP contribution in [-0.2, 0) is 9.59 Å². The summed E-state index contributed by atoms with van der Waals surface area (Å²) in [4.78, 5) is 23.3. The molecule has 0 radical (unpaired) electrons. The Morgan fingerprint density at radius 2 is 1.87 bits per heavy atom. The van der Waals surface area contributed by atoms with Crippen LogP contribution >= 0.6 is 0 Å². The number of hydrogen-bond acceptors (Lipinski definition) is 3. The summed E-state index contributed by atoms with van der Waals surface area (Å²) < 4.78 is 0. The lowest BCUT2D eigenvalue weighted by atomic mass is 10.0. The van der Waals surface area contributed by atoms with E-state index >= 15 is 0 Å². The Morgan fingerprint density at radius 1 is 1.33 bits per heavy atom. The van der Waals surface area contributed by atoms with Crippen molar-refractivity contribution in [3.8, 4) is 0 Å². The second kappa shape index (κ2) is 6.40. The molecule has 0 aliphatic heterocycles. The smallest absolute Gasteiger partial charge is 0.394 e. The number of nitrogens with zero attached hydrogens (tertiary/aromatic N) is 1. The number of rotatable bonds is 5. The van der Waals surface area contributed by atoms with Gasteiger partial charge in [-0.25, -0.2) is 4.79 Å². The molecule has 0 aromatic carbocycles. The summed E-state index contributed by atoms with van der Waals surface area (Å²) in [7, 11) is 3.78. The van der Waals surface area contributed by atoms with Crippen molar-refractivity contribution in [1.82, 2.24) is 10.2 Å². The molecule has 15 heavy (non-hydrogen) atoms. The molecule has 0 rings (SSSR count). The molecule has 0 aromatic rings. The van der Waals surface area contributed by atoms with E-state index in [1.807, 2.05) is 32.8 Å². The first-order chi connectivity index (χ1) is 6.82. The molecule has 0 heterocycles. The molecule has 0 spiro atoms. The van der Waals surface area contributed by atoms with E-state index in [0.29, 0.717) is 12.5 Å². The van der Waals surface area contributed by atoms with Crippen molar-refractivity contribution in [1.29, 1.82) is 0 Å². The van der Waals surface area contributed by atoms with Gasteiger partial charge in [0.1, 0.15) is 0 Å². The van der Waals surface area contributed by atoms with E-state index in [-0.39, 0.29) is 6.04 Å². The zero-order chi connectivity index (χ0) is 12.0. The summed E-state index contributed by atoms with van der Waals surface area (Å²) in [5.41, 5.74) is 0. The van der Waals surface area contributed by atoms with Gasteiger partial charge in [-0.1, -0.05) is 13.8 Å². The summed E-state index contributed by atoms with van der Waals surface area (Å²) in [5, 5.41) is 11.0. The molecule has 88 valence electrons. The van der Waals surface area contributed by atoms with Crippen molar-refractivity contribution in [2.24, 2.45) is 5.92 Å². The molecule has 0 aliphatic rings. The Hall–Kier alpha value is -1.10. The number of nitrogens with one attached hydrogen (secondary N) is 1. The van der Waals surface area contributed by atoms with Crippen LogP contribution in [0, 0.1) is 5.92 Å². The number of carbonyl (C=O) groups is 2. The van der Waals surface area contributed by atoms with Gasteiger partial charge in [-0.15, -0.1) is 0 Å². The SMILES string of the molecule is CC(C)CC(CN(C)C)NC(=O)C(=O)O. The Labute approximate surface area is 90.5 Å². The van der Waals surface area contributed by atoms with E-state index in [1.54, 1.807) is 0 Å². The van der Waals surface area contributed by atoms with Crippen molar-refractivity contribution in [2.45, 2.75) is 26.3 Å². The number of amides is 1. The Kier molecular flexibility index (Phi) is 5.93. The molecule has 2 N–H and O–H groups in total. The van der Waals surface area contributed by atoms with Gasteiger partial charge in [0, 0.05) is 12.6 Å². The number of carbonyl (C=O) groups excluding carboxylic acids is 1. The van der Waals surface area contributed by atoms with Gasteiger partial charge in [0.25, 0.3) is 0 Å². The summed E-state index contributed by atoms with van der Waals surface area (Å²) in [5.74, 6) is -1.94. The molecule has 0 saturated carbocycles. The largest absolute Gasteiger partial charge is 0.474 e. The Morgan fingerprint density at radius 3 is 2.20 bits per heavy atom. The number of carboxylic acids is 1. The highest BCUT2D eigenvalue weighted by Gasteiger charge is 2.18. The maximum atomic E-state index is 11.0. The van der Waals surface area contributed by atoms with Crippen LogP contribution in [0.15, 0.2) is 0 Å². The molecule has 5 heteroatoms. The van der Waals surface area contributed by atoms with E-state index in [1.165, 1.54) is 0 Å². The summed E-state index contributed by atoms with van der Waals surface area (Å²) in [6, 6.07) is -0.108. The average molecular weight is 216 g/mol. The van der Waals surface area contributed by atoms with Gasteiger partial charge in [-0.05, 0) is 26.4 Å². The van der Waals surface area contributed by atoms with E-state index in [2.05, 4.69) is 5.32 Å². The van der Waals surface area contributed by atoms with Crippen LogP contribution in [0.1, 0.15) is 20.3 Å². The fourth-order valence-corrected chi connectivity index (χ4v) is 1.44. The Bertz CT molecular complexity index is 217. The standard InChI is InChI=1S/C10H20N2O3/c1-7(2)5-8(6-12(3)4)11-9(13)10(14)15/h7-8H,5-6H2,1-4H3,(H,11,13)(H,14,15). The highest BCUT2D eigenvalue weighted by atomic mass is 16.4. The minimum Gasteiger partial charge on any atom is -0.474 e. The average Bonchev–Trinajstić information content (AvgIpc) is 2.00. The highest BCUT2D eigenvalue weighted by Crippen LogP contribution is 2.05. The van der Waals surface area contributed by atoms with Crippen molar-refractivity contribution < 1.29 is 14.7 Å². The third kappa shape index (κ3) is 6.90. The first-order valence-electron chi connectivity index (χ1n) is 5.01. The topological polar surface area (TPSA) is 69.6 Å². The number of carboxylic acid groups (broad SMARTS) is 1. The molecular weight excluding hydrogens is 196 g/mol. The first-order valence-corrected chi connectivity index (χ1v) is 5.01. The number of hydrogen-bond donors (Lipinski definition) is 2. The molecule has 1 atom stereocenters. The van der Waals surface area contributed by atoms with Crippen LogP contribution in [0.3, 0.4) is 0 Å². The molecule has 0 aliphatic carbocycles. The maximum absolute atomic E-state index is 11.0. The van der Waals surface area contributed by atoms with Gasteiger partial charge in [0.2, 0.25) is 0 Å². The van der Waals surface area contributed by atoms with Crippen LogP contribution < -0.4 is 5.32 Å². The zero-order valence-corrected chi connectivity index (χ0v) is 9.78. The van der Waals surface area contributed by atoms with Crippen molar-refractivity contribution in [3.63, 3.8) is 0 Å². The van der Waals surface area contributed by atoms with Crippen LogP contribution in [0.25, 0.3) is 0 Å². The predicted molar refractivity (Wildman–Crippen MR) is 57.6 cm³/mol. The summed E-state index contributed by atoms with van der Waals surface area (Å²) in [6.07, 6.45) is 0.775. The van der Waals surface area contributed by atoms with E-state index in [9.17, 15) is 9.59 Å². The predicted octanol–water partition coefficient (Wildman–Crippen LogP) is 0.164. The van der Waals surface area contributed by atoms with E-state index < -0.39 is 11.9 Å². The number of likely N-dealkylation sites (N-methyl/N-ethyl adjacent to an activating group) is 1. The second-order valence-corrected chi connectivity index (χ2v) is 4.37. The number of aliphatic carboxylic acids is 1. The van der Waals surface area contributed by atoms with Crippen LogP contribution in [-0.4, -0.2) is 48.6 Å². The molecule has 0 fully saturated rings. The monoisotopic (exact) mass is 216 g/mol. The first kappa shape index (κ1) is 13.9. The highest BCUT2D eigenvalue weighted by molar-refractivity contribution is 6.31. The fourth-order valence-electron chi connectivity index (χ4n) is 1.44. The van der Waals surface area contributed by atoms with Gasteiger partial charge in [0.05, 0.1) is 0 Å². The van der Waals surface area contributed by atoms with Crippen LogP contribution in [0.2, 0.25) is 0 Å². The minimum atomic E-state index is -1.43. The summed E-state index contributed by atoms with van der Waals surface area (Å²) in [6.45, 7) is 4.72. The van der Waals surface area contributed by atoms with Gasteiger partial charge in [-0.3, -0.25) is 4.79 Å².